The number of hydrogen-bond donors (Lipinski definition) is 3. The lowest BCUT2D eigenvalue weighted by atomic mass is 10.1. The second-order valence-corrected chi connectivity index (χ2v) is 2.58. The highest BCUT2D eigenvalue weighted by atomic mass is 16.8. The molecule has 1 aliphatic rings. The Morgan fingerprint density at radius 2 is 2.31 bits per heavy atom. The molecule has 0 aromatic heterocycles. The predicted octanol–water partition coefficient (Wildman–Crippen LogP) is -1.96. The first-order valence-corrected chi connectivity index (χ1v) is 3.40. The maximum Gasteiger partial charge on any atom is 0.364 e. The molecule has 0 aromatic carbocycles. The third kappa shape index (κ3) is 1.77. The number of carboxylic acid groups (broad SMARTS) is 1. The first-order chi connectivity index (χ1) is 5.99. The molecule has 74 valence electrons. The van der Waals surface area contributed by atoms with Gasteiger partial charge in [-0.1, -0.05) is 0 Å². The fourth-order valence-electron chi connectivity index (χ4n) is 1.01. The standard InChI is InChI=1S/C6H8O7/c7-2-12-4-3(8)1-6(11,13-4)5(9)10/h2-4,8,11H,1H2,(H,9,10). The molecule has 0 spiro atoms. The van der Waals surface area contributed by atoms with Gasteiger partial charge in [-0.2, -0.15) is 0 Å². The first kappa shape index (κ1) is 9.90. The van der Waals surface area contributed by atoms with E-state index in [9.17, 15) is 9.59 Å². The van der Waals surface area contributed by atoms with Crippen LogP contribution in [0.1, 0.15) is 6.42 Å². The van der Waals surface area contributed by atoms with Crippen molar-refractivity contribution in [2.45, 2.75) is 24.6 Å². The Morgan fingerprint density at radius 3 is 2.69 bits per heavy atom. The molecule has 3 N–H and O–H groups in total. The van der Waals surface area contributed by atoms with Crippen molar-refractivity contribution >= 4 is 12.4 Å². The minimum Gasteiger partial charge on any atom is -0.477 e. The smallest absolute Gasteiger partial charge is 0.364 e. The molecule has 0 bridgehead atoms. The number of carbonyl (C=O) groups is 2. The molecule has 3 atom stereocenters. The topological polar surface area (TPSA) is 113 Å². The van der Waals surface area contributed by atoms with E-state index in [1.165, 1.54) is 0 Å². The molecule has 0 saturated carbocycles. The van der Waals surface area contributed by atoms with Crippen molar-refractivity contribution in [3.05, 3.63) is 0 Å². The van der Waals surface area contributed by atoms with Crippen LogP contribution in [0.4, 0.5) is 0 Å². The Hall–Kier alpha value is -1.18. The summed E-state index contributed by atoms with van der Waals surface area (Å²) in [4.78, 5) is 20.2. The number of carboxylic acids is 1. The van der Waals surface area contributed by atoms with Crippen LogP contribution < -0.4 is 0 Å². The molecular formula is C6H8O7. The van der Waals surface area contributed by atoms with Gasteiger partial charge < -0.3 is 20.1 Å². The first-order valence-electron chi connectivity index (χ1n) is 3.40. The van der Waals surface area contributed by atoms with Crippen molar-refractivity contribution in [1.82, 2.24) is 0 Å². The average molecular weight is 192 g/mol. The lowest BCUT2D eigenvalue weighted by Gasteiger charge is -2.16. The van der Waals surface area contributed by atoms with E-state index < -0.39 is 30.6 Å². The molecule has 1 aliphatic heterocycles. The van der Waals surface area contributed by atoms with Crippen LogP contribution in [-0.4, -0.2) is 45.9 Å². The molecule has 0 radical (unpaired) electrons. The monoisotopic (exact) mass is 192 g/mol. The van der Waals surface area contributed by atoms with E-state index in [4.69, 9.17) is 15.3 Å². The van der Waals surface area contributed by atoms with Crippen molar-refractivity contribution in [1.29, 1.82) is 0 Å². The summed E-state index contributed by atoms with van der Waals surface area (Å²) in [6.45, 7) is 0.00147. The molecule has 1 heterocycles. The van der Waals surface area contributed by atoms with Gasteiger partial charge in [0.1, 0.15) is 6.10 Å². The van der Waals surface area contributed by atoms with Gasteiger partial charge in [0.2, 0.25) is 6.29 Å². The highest BCUT2D eigenvalue weighted by molar-refractivity contribution is 5.75. The summed E-state index contributed by atoms with van der Waals surface area (Å²) in [6.07, 6.45) is -3.31. The molecular weight excluding hydrogens is 184 g/mol. The van der Waals surface area contributed by atoms with Gasteiger partial charge in [0.25, 0.3) is 12.3 Å². The van der Waals surface area contributed by atoms with Gasteiger partial charge in [-0.05, 0) is 0 Å². The second kappa shape index (κ2) is 3.29. The van der Waals surface area contributed by atoms with Crippen LogP contribution >= 0.6 is 0 Å². The van der Waals surface area contributed by atoms with Gasteiger partial charge in [0.15, 0.2) is 0 Å². The average Bonchev–Trinajstić information content (AvgIpc) is 2.29. The third-order valence-electron chi connectivity index (χ3n) is 1.63. The van der Waals surface area contributed by atoms with Crippen LogP contribution in [0, 0.1) is 0 Å². The summed E-state index contributed by atoms with van der Waals surface area (Å²) in [6, 6.07) is 0. The summed E-state index contributed by atoms with van der Waals surface area (Å²) < 4.78 is 8.60. The molecule has 7 heteroatoms. The molecule has 1 saturated heterocycles. The number of carbonyl (C=O) groups excluding carboxylic acids is 1. The zero-order valence-electron chi connectivity index (χ0n) is 6.41. The minimum absolute atomic E-state index is 0.00147. The quantitative estimate of drug-likeness (QED) is 0.445. The van der Waals surface area contributed by atoms with Crippen molar-refractivity contribution in [3.63, 3.8) is 0 Å². The largest absolute Gasteiger partial charge is 0.477 e. The molecule has 0 amide bonds. The maximum atomic E-state index is 10.4. The number of aliphatic carboxylic acids is 1. The fourth-order valence-corrected chi connectivity index (χ4v) is 1.01. The molecule has 3 unspecified atom stereocenters. The van der Waals surface area contributed by atoms with E-state index >= 15 is 0 Å². The van der Waals surface area contributed by atoms with Gasteiger partial charge in [-0.15, -0.1) is 0 Å². The minimum atomic E-state index is -2.48. The SMILES string of the molecule is O=COC1OC(O)(C(=O)O)CC1O. The Labute approximate surface area is 72.5 Å². The van der Waals surface area contributed by atoms with Crippen LogP contribution in [0.3, 0.4) is 0 Å². The number of aliphatic hydroxyl groups excluding tert-OH is 1. The number of ether oxygens (including phenoxy) is 2. The number of hydrogen-bond acceptors (Lipinski definition) is 6. The Kier molecular flexibility index (Phi) is 2.50. The normalized spacial score (nSPS) is 38.6. The van der Waals surface area contributed by atoms with Gasteiger partial charge in [0.05, 0.1) is 0 Å². The molecule has 7 nitrogen and oxygen atoms in total. The fraction of sp³-hybridized carbons (Fsp3) is 0.667. The van der Waals surface area contributed by atoms with Gasteiger partial charge >= 0.3 is 5.97 Å². The van der Waals surface area contributed by atoms with E-state index in [1.54, 1.807) is 0 Å². The van der Waals surface area contributed by atoms with Gasteiger partial charge in [0, 0.05) is 6.42 Å². The zero-order valence-corrected chi connectivity index (χ0v) is 6.41. The highest BCUT2D eigenvalue weighted by Gasteiger charge is 2.51. The summed E-state index contributed by atoms with van der Waals surface area (Å²) in [5, 5.41) is 26.7. The maximum absolute atomic E-state index is 10.4. The van der Waals surface area contributed by atoms with Crippen molar-refractivity contribution in [2.75, 3.05) is 0 Å². The lowest BCUT2D eigenvalue weighted by Crippen LogP contribution is -2.38. The van der Waals surface area contributed by atoms with Crippen LogP contribution in [0.2, 0.25) is 0 Å². The van der Waals surface area contributed by atoms with Gasteiger partial charge in [-0.25, -0.2) is 4.79 Å². The molecule has 1 rings (SSSR count). The molecule has 13 heavy (non-hydrogen) atoms. The van der Waals surface area contributed by atoms with E-state index in [-0.39, 0.29) is 6.47 Å². The third-order valence-corrected chi connectivity index (χ3v) is 1.63. The van der Waals surface area contributed by atoms with Gasteiger partial charge in [-0.3, -0.25) is 9.53 Å². The van der Waals surface area contributed by atoms with Crippen LogP contribution in [0.5, 0.6) is 0 Å². The van der Waals surface area contributed by atoms with Crippen LogP contribution in [0.25, 0.3) is 0 Å². The summed E-state index contributed by atoms with van der Waals surface area (Å²) in [7, 11) is 0. The Bertz CT molecular complexity index is 227. The highest BCUT2D eigenvalue weighted by Crippen LogP contribution is 2.28. The van der Waals surface area contributed by atoms with Crippen LogP contribution in [0.15, 0.2) is 0 Å². The molecule has 0 aromatic rings. The Balaban J connectivity index is 2.68. The summed E-state index contributed by atoms with van der Waals surface area (Å²) in [5.74, 6) is -4.11. The van der Waals surface area contributed by atoms with E-state index in [0.717, 1.165) is 0 Å². The summed E-state index contributed by atoms with van der Waals surface area (Å²) >= 11 is 0. The van der Waals surface area contributed by atoms with Crippen LogP contribution in [-0.2, 0) is 19.1 Å². The molecule has 1 fully saturated rings. The zero-order chi connectivity index (χ0) is 10.1. The second-order valence-electron chi connectivity index (χ2n) is 2.58. The Morgan fingerprint density at radius 1 is 1.69 bits per heavy atom. The number of aliphatic hydroxyl groups is 2. The number of rotatable bonds is 3. The van der Waals surface area contributed by atoms with Crippen molar-refractivity contribution in [2.24, 2.45) is 0 Å². The van der Waals surface area contributed by atoms with Crippen molar-refractivity contribution < 1.29 is 34.4 Å². The lowest BCUT2D eigenvalue weighted by molar-refractivity contribution is -0.249. The molecule has 0 aliphatic carbocycles. The van der Waals surface area contributed by atoms with Crippen molar-refractivity contribution in [3.8, 4) is 0 Å². The van der Waals surface area contributed by atoms with E-state index in [2.05, 4.69) is 9.47 Å². The van der Waals surface area contributed by atoms with E-state index in [0.29, 0.717) is 0 Å². The summed E-state index contributed by atoms with van der Waals surface area (Å²) in [5.41, 5.74) is 0. The van der Waals surface area contributed by atoms with E-state index in [1.807, 2.05) is 0 Å². The predicted molar refractivity (Wildman–Crippen MR) is 35.2 cm³/mol.